The van der Waals surface area contributed by atoms with E-state index in [0.717, 1.165) is 38.5 Å². The van der Waals surface area contributed by atoms with Crippen LogP contribution in [0.2, 0.25) is 0 Å². The zero-order valence-electron chi connectivity index (χ0n) is 25.5. The summed E-state index contributed by atoms with van der Waals surface area (Å²) in [6.07, 6.45) is 29.9. The molecule has 0 bridgehead atoms. The number of rotatable bonds is 31. The predicted octanol–water partition coefficient (Wildman–Crippen LogP) is 10.6. The zero-order valence-corrected chi connectivity index (χ0v) is 26.4. The average molecular weight is 562 g/mol. The van der Waals surface area contributed by atoms with Crippen LogP contribution >= 0.6 is 7.75 Å². The molecule has 2 N–H and O–H groups in total. The van der Waals surface area contributed by atoms with Gasteiger partial charge in [-0.1, -0.05) is 155 Å². The Labute approximate surface area is 236 Å². The molecule has 0 spiro atoms. The Morgan fingerprint density at radius 1 is 0.579 bits per heavy atom. The Morgan fingerprint density at radius 2 is 0.842 bits per heavy atom. The standard InChI is InChI=1S/C31H64NO5P/c1-4-6-8-10-12-14-16-18-20-22-24-26-28-36-38(35,32-30(3)31(33)34)37-29-27-25-23-21-19-17-15-13-11-9-7-5-2/h30H,4-29H2,1-3H3,(H,32,35)(H,33,34)/t30-/m0/s1. The van der Waals surface area contributed by atoms with Crippen molar-refractivity contribution in [2.45, 2.75) is 181 Å². The van der Waals surface area contributed by atoms with Crippen LogP contribution < -0.4 is 5.09 Å². The molecule has 0 heterocycles. The number of unbranched alkanes of at least 4 members (excludes halogenated alkanes) is 22. The second-order valence-electron chi connectivity index (χ2n) is 11.1. The van der Waals surface area contributed by atoms with Crippen molar-refractivity contribution in [2.24, 2.45) is 0 Å². The summed E-state index contributed by atoms with van der Waals surface area (Å²) in [4.78, 5) is 11.3. The number of carboxylic acid groups (broad SMARTS) is 1. The molecule has 6 nitrogen and oxygen atoms in total. The van der Waals surface area contributed by atoms with Crippen molar-refractivity contribution in [3.05, 3.63) is 0 Å². The van der Waals surface area contributed by atoms with Gasteiger partial charge in [0.1, 0.15) is 6.04 Å². The number of nitrogens with one attached hydrogen (secondary N) is 1. The lowest BCUT2D eigenvalue weighted by Gasteiger charge is -2.21. The smallest absolute Gasteiger partial charge is 0.406 e. The molecule has 0 aromatic rings. The summed E-state index contributed by atoms with van der Waals surface area (Å²) in [7, 11) is -3.62. The molecular weight excluding hydrogens is 497 g/mol. The van der Waals surface area contributed by atoms with Gasteiger partial charge in [0.15, 0.2) is 0 Å². The Morgan fingerprint density at radius 3 is 1.11 bits per heavy atom. The first-order valence-electron chi connectivity index (χ1n) is 16.3. The third kappa shape index (κ3) is 25.8. The van der Waals surface area contributed by atoms with Gasteiger partial charge in [0.05, 0.1) is 13.2 Å². The van der Waals surface area contributed by atoms with Crippen LogP contribution in [0.4, 0.5) is 0 Å². The summed E-state index contributed by atoms with van der Waals surface area (Å²) < 4.78 is 24.3. The van der Waals surface area contributed by atoms with Gasteiger partial charge >= 0.3 is 13.7 Å². The summed E-state index contributed by atoms with van der Waals surface area (Å²) in [6, 6.07) is -0.982. The number of carbonyl (C=O) groups is 1. The van der Waals surface area contributed by atoms with Gasteiger partial charge in [-0.15, -0.1) is 0 Å². The Balaban J connectivity index is 3.90. The van der Waals surface area contributed by atoms with E-state index >= 15 is 0 Å². The molecular formula is C31H64NO5P. The molecule has 38 heavy (non-hydrogen) atoms. The van der Waals surface area contributed by atoms with Crippen molar-refractivity contribution in [1.29, 1.82) is 0 Å². The van der Waals surface area contributed by atoms with Gasteiger partial charge in [-0.2, -0.15) is 0 Å². The summed E-state index contributed by atoms with van der Waals surface area (Å²) in [6.45, 7) is 6.63. The van der Waals surface area contributed by atoms with Crippen molar-refractivity contribution in [3.63, 3.8) is 0 Å². The van der Waals surface area contributed by atoms with Crippen LogP contribution in [0.25, 0.3) is 0 Å². The molecule has 0 saturated carbocycles. The molecule has 0 aliphatic rings. The number of aliphatic carboxylic acids is 1. The maximum absolute atomic E-state index is 13.1. The molecule has 1 atom stereocenters. The van der Waals surface area contributed by atoms with Gasteiger partial charge in [0, 0.05) is 0 Å². The quantitative estimate of drug-likeness (QED) is 0.0647. The van der Waals surface area contributed by atoms with E-state index < -0.39 is 19.8 Å². The molecule has 0 aromatic carbocycles. The van der Waals surface area contributed by atoms with Crippen LogP contribution in [-0.2, 0) is 18.4 Å². The van der Waals surface area contributed by atoms with Crippen LogP contribution in [0.5, 0.6) is 0 Å². The van der Waals surface area contributed by atoms with Gasteiger partial charge in [0.25, 0.3) is 0 Å². The van der Waals surface area contributed by atoms with Gasteiger partial charge in [-0.05, 0) is 19.8 Å². The minimum absolute atomic E-state index is 0.326. The molecule has 0 fully saturated rings. The Hall–Kier alpha value is -0.420. The van der Waals surface area contributed by atoms with Crippen LogP contribution in [0.3, 0.4) is 0 Å². The first-order chi connectivity index (χ1) is 18.4. The summed E-state index contributed by atoms with van der Waals surface area (Å²) in [5, 5.41) is 11.8. The minimum Gasteiger partial charge on any atom is -0.480 e. The van der Waals surface area contributed by atoms with Crippen molar-refractivity contribution < 1.29 is 23.5 Å². The second kappa shape index (κ2) is 28.1. The van der Waals surface area contributed by atoms with E-state index in [1.807, 2.05) is 0 Å². The summed E-state index contributed by atoms with van der Waals surface area (Å²) in [5.41, 5.74) is 0. The fraction of sp³-hybridized carbons (Fsp3) is 0.968. The molecule has 0 unspecified atom stereocenters. The summed E-state index contributed by atoms with van der Waals surface area (Å²) in [5.74, 6) is -1.06. The fourth-order valence-electron chi connectivity index (χ4n) is 4.66. The zero-order chi connectivity index (χ0) is 28.2. The SMILES string of the molecule is CCCCCCCCCCCCCCOP(=O)(N[C@@H](C)C(=O)O)OCCCCCCCCCCCCCC. The van der Waals surface area contributed by atoms with Gasteiger partial charge in [-0.25, -0.2) is 9.65 Å². The Bertz CT molecular complexity index is 526. The lowest BCUT2D eigenvalue weighted by molar-refractivity contribution is -0.138. The van der Waals surface area contributed by atoms with Crippen molar-refractivity contribution >= 4 is 13.7 Å². The second-order valence-corrected chi connectivity index (χ2v) is 12.9. The van der Waals surface area contributed by atoms with E-state index in [2.05, 4.69) is 18.9 Å². The van der Waals surface area contributed by atoms with Crippen LogP contribution in [0.15, 0.2) is 0 Å². The minimum atomic E-state index is -3.62. The molecule has 0 radical (unpaired) electrons. The van der Waals surface area contributed by atoms with E-state index in [1.54, 1.807) is 0 Å². The molecule has 0 aliphatic heterocycles. The first-order valence-corrected chi connectivity index (χ1v) is 17.9. The molecule has 7 heteroatoms. The van der Waals surface area contributed by atoms with E-state index in [0.29, 0.717) is 13.2 Å². The fourth-order valence-corrected chi connectivity index (χ4v) is 6.21. The largest absolute Gasteiger partial charge is 0.480 e. The third-order valence-electron chi connectivity index (χ3n) is 7.24. The average Bonchev–Trinajstić information content (AvgIpc) is 2.89. The molecule has 0 aromatic heterocycles. The lowest BCUT2D eigenvalue weighted by Crippen LogP contribution is -2.32. The van der Waals surface area contributed by atoms with Gasteiger partial charge in [-0.3, -0.25) is 13.8 Å². The van der Waals surface area contributed by atoms with E-state index in [1.165, 1.54) is 122 Å². The van der Waals surface area contributed by atoms with Crippen molar-refractivity contribution in [2.75, 3.05) is 13.2 Å². The number of carboxylic acids is 1. The first kappa shape index (κ1) is 37.6. The number of hydrogen-bond acceptors (Lipinski definition) is 4. The molecule has 0 rings (SSSR count). The highest BCUT2D eigenvalue weighted by molar-refractivity contribution is 7.51. The van der Waals surface area contributed by atoms with Crippen molar-refractivity contribution in [1.82, 2.24) is 5.09 Å². The van der Waals surface area contributed by atoms with Crippen LogP contribution in [-0.4, -0.2) is 30.3 Å². The highest BCUT2D eigenvalue weighted by Crippen LogP contribution is 2.44. The van der Waals surface area contributed by atoms with Crippen molar-refractivity contribution in [3.8, 4) is 0 Å². The van der Waals surface area contributed by atoms with Gasteiger partial charge < -0.3 is 5.11 Å². The normalized spacial score (nSPS) is 12.7. The van der Waals surface area contributed by atoms with Gasteiger partial charge in [0.2, 0.25) is 0 Å². The molecule has 0 aliphatic carbocycles. The maximum Gasteiger partial charge on any atom is 0.406 e. The molecule has 0 saturated heterocycles. The maximum atomic E-state index is 13.1. The predicted molar refractivity (Wildman–Crippen MR) is 162 cm³/mol. The topological polar surface area (TPSA) is 84.9 Å². The van der Waals surface area contributed by atoms with E-state index in [4.69, 9.17) is 9.05 Å². The summed E-state index contributed by atoms with van der Waals surface area (Å²) >= 11 is 0. The molecule has 0 amide bonds. The van der Waals surface area contributed by atoms with E-state index in [9.17, 15) is 14.5 Å². The monoisotopic (exact) mass is 561 g/mol. The number of hydrogen-bond donors (Lipinski definition) is 2. The highest BCUT2D eigenvalue weighted by Gasteiger charge is 2.29. The highest BCUT2D eigenvalue weighted by atomic mass is 31.2. The van der Waals surface area contributed by atoms with Crippen LogP contribution in [0.1, 0.15) is 175 Å². The van der Waals surface area contributed by atoms with Crippen LogP contribution in [0, 0.1) is 0 Å². The Kier molecular flexibility index (Phi) is 27.8. The van der Waals surface area contributed by atoms with E-state index in [-0.39, 0.29) is 0 Å². The molecule has 228 valence electrons. The third-order valence-corrected chi connectivity index (χ3v) is 8.99. The lowest BCUT2D eigenvalue weighted by atomic mass is 10.1.